The van der Waals surface area contributed by atoms with Crippen LogP contribution in [0, 0.1) is 0 Å². The first-order valence-corrected chi connectivity index (χ1v) is 4.73. The van der Waals surface area contributed by atoms with E-state index in [-0.39, 0.29) is 5.91 Å². The summed E-state index contributed by atoms with van der Waals surface area (Å²) in [7, 11) is 0. The van der Waals surface area contributed by atoms with Crippen LogP contribution in [0.1, 0.15) is 26.7 Å². The lowest BCUT2D eigenvalue weighted by molar-refractivity contribution is -0.131. The Hall–Kier alpha value is -0.570. The van der Waals surface area contributed by atoms with Crippen LogP contribution in [-0.2, 0) is 4.79 Å². The van der Waals surface area contributed by atoms with Gasteiger partial charge in [-0.05, 0) is 26.3 Å². The number of nitrogens with zero attached hydrogens (tertiary/aromatic N) is 1. The highest BCUT2D eigenvalue weighted by molar-refractivity contribution is 5.73. The van der Waals surface area contributed by atoms with Gasteiger partial charge in [-0.2, -0.15) is 0 Å². The zero-order valence-electron chi connectivity index (χ0n) is 7.97. The summed E-state index contributed by atoms with van der Waals surface area (Å²) < 4.78 is 0. The Morgan fingerprint density at radius 3 is 2.83 bits per heavy atom. The molecule has 0 aromatic carbocycles. The normalized spacial score (nSPS) is 23.7. The van der Waals surface area contributed by atoms with Gasteiger partial charge in [0, 0.05) is 26.1 Å². The minimum atomic E-state index is 0.200. The molecule has 0 aromatic rings. The number of piperidine rings is 1. The zero-order chi connectivity index (χ0) is 8.97. The number of hydrogen-bond donors (Lipinski definition) is 1. The van der Waals surface area contributed by atoms with Gasteiger partial charge in [0.25, 0.3) is 0 Å². The molecule has 1 saturated heterocycles. The minimum absolute atomic E-state index is 0.200. The van der Waals surface area contributed by atoms with E-state index >= 15 is 0 Å². The van der Waals surface area contributed by atoms with Crippen LogP contribution >= 0.6 is 0 Å². The van der Waals surface area contributed by atoms with Gasteiger partial charge in [0.15, 0.2) is 0 Å². The van der Waals surface area contributed by atoms with Gasteiger partial charge >= 0.3 is 0 Å². The SMILES string of the molecule is CCN(C(C)=O)[C@@H]1CCCNC1. The third-order valence-corrected chi connectivity index (χ3v) is 2.46. The summed E-state index contributed by atoms with van der Waals surface area (Å²) in [5, 5.41) is 3.31. The first-order chi connectivity index (χ1) is 5.75. The van der Waals surface area contributed by atoms with Crippen molar-refractivity contribution in [2.75, 3.05) is 19.6 Å². The summed E-state index contributed by atoms with van der Waals surface area (Å²) >= 11 is 0. The van der Waals surface area contributed by atoms with Gasteiger partial charge in [-0.15, -0.1) is 0 Å². The van der Waals surface area contributed by atoms with Crippen molar-refractivity contribution in [2.45, 2.75) is 32.7 Å². The molecule has 0 bridgehead atoms. The predicted octanol–water partition coefficient (Wildman–Crippen LogP) is 0.607. The third-order valence-electron chi connectivity index (χ3n) is 2.46. The maximum Gasteiger partial charge on any atom is 0.219 e. The Balaban J connectivity index is 2.46. The minimum Gasteiger partial charge on any atom is -0.339 e. The number of nitrogens with one attached hydrogen (secondary N) is 1. The highest BCUT2D eigenvalue weighted by atomic mass is 16.2. The second-order valence-electron chi connectivity index (χ2n) is 3.31. The summed E-state index contributed by atoms with van der Waals surface area (Å²) in [6, 6.07) is 0.432. The van der Waals surface area contributed by atoms with Crippen molar-refractivity contribution in [3.05, 3.63) is 0 Å². The van der Waals surface area contributed by atoms with Gasteiger partial charge in [-0.3, -0.25) is 4.79 Å². The molecule has 1 N–H and O–H groups in total. The largest absolute Gasteiger partial charge is 0.339 e. The molecule has 1 atom stereocenters. The molecule has 12 heavy (non-hydrogen) atoms. The molecule has 1 heterocycles. The first-order valence-electron chi connectivity index (χ1n) is 4.73. The fraction of sp³-hybridized carbons (Fsp3) is 0.889. The van der Waals surface area contributed by atoms with E-state index in [0.717, 1.165) is 26.1 Å². The van der Waals surface area contributed by atoms with E-state index in [1.54, 1.807) is 6.92 Å². The molecule has 0 radical (unpaired) electrons. The van der Waals surface area contributed by atoms with Crippen molar-refractivity contribution in [3.63, 3.8) is 0 Å². The molecule has 70 valence electrons. The number of likely N-dealkylation sites (N-methyl/N-ethyl adjacent to an activating group) is 1. The standard InChI is InChI=1S/C9H18N2O/c1-3-11(8(2)12)9-5-4-6-10-7-9/h9-10H,3-7H2,1-2H3/t9-/m1/s1. The van der Waals surface area contributed by atoms with Crippen LogP contribution in [0.3, 0.4) is 0 Å². The monoisotopic (exact) mass is 170 g/mol. The van der Waals surface area contributed by atoms with Crippen molar-refractivity contribution >= 4 is 5.91 Å². The summed E-state index contributed by atoms with van der Waals surface area (Å²) in [5.74, 6) is 0.200. The topological polar surface area (TPSA) is 32.3 Å². The molecule has 0 spiro atoms. The van der Waals surface area contributed by atoms with Gasteiger partial charge in [-0.1, -0.05) is 0 Å². The Labute approximate surface area is 74.1 Å². The molecule has 1 fully saturated rings. The summed E-state index contributed by atoms with van der Waals surface area (Å²) in [6.07, 6.45) is 2.34. The molecular formula is C9H18N2O. The van der Waals surface area contributed by atoms with Crippen LogP contribution in [0.2, 0.25) is 0 Å². The van der Waals surface area contributed by atoms with E-state index in [2.05, 4.69) is 5.32 Å². The molecule has 0 unspecified atom stereocenters. The predicted molar refractivity (Wildman–Crippen MR) is 49.0 cm³/mol. The molecule has 3 nitrogen and oxygen atoms in total. The van der Waals surface area contributed by atoms with Gasteiger partial charge in [0.2, 0.25) is 5.91 Å². The lowest BCUT2D eigenvalue weighted by atomic mass is 10.1. The quantitative estimate of drug-likeness (QED) is 0.658. The van der Waals surface area contributed by atoms with Crippen molar-refractivity contribution in [1.29, 1.82) is 0 Å². The van der Waals surface area contributed by atoms with Gasteiger partial charge < -0.3 is 10.2 Å². The van der Waals surface area contributed by atoms with Crippen molar-refractivity contribution < 1.29 is 4.79 Å². The number of carbonyl (C=O) groups is 1. The van der Waals surface area contributed by atoms with Crippen LogP contribution in [0.15, 0.2) is 0 Å². The summed E-state index contributed by atoms with van der Waals surface area (Å²) in [6.45, 7) is 6.59. The molecule has 1 rings (SSSR count). The van der Waals surface area contributed by atoms with Gasteiger partial charge in [0.1, 0.15) is 0 Å². The fourth-order valence-electron chi connectivity index (χ4n) is 1.84. The van der Waals surface area contributed by atoms with E-state index < -0.39 is 0 Å². The first kappa shape index (κ1) is 9.52. The molecular weight excluding hydrogens is 152 g/mol. The number of hydrogen-bond acceptors (Lipinski definition) is 2. The second-order valence-corrected chi connectivity index (χ2v) is 3.31. The highest BCUT2D eigenvalue weighted by Gasteiger charge is 2.20. The summed E-state index contributed by atoms with van der Waals surface area (Å²) in [5.41, 5.74) is 0. The lowest BCUT2D eigenvalue weighted by Crippen LogP contribution is -2.47. The lowest BCUT2D eigenvalue weighted by Gasteiger charge is -2.33. The highest BCUT2D eigenvalue weighted by Crippen LogP contribution is 2.09. The van der Waals surface area contributed by atoms with Crippen LogP contribution in [-0.4, -0.2) is 36.5 Å². The van der Waals surface area contributed by atoms with E-state index in [9.17, 15) is 4.79 Å². The van der Waals surface area contributed by atoms with Crippen LogP contribution in [0.5, 0.6) is 0 Å². The van der Waals surface area contributed by atoms with Crippen molar-refractivity contribution in [2.24, 2.45) is 0 Å². The number of carbonyl (C=O) groups excluding carboxylic acids is 1. The number of amides is 1. The Morgan fingerprint density at radius 1 is 1.67 bits per heavy atom. The molecule has 1 amide bonds. The smallest absolute Gasteiger partial charge is 0.219 e. The second kappa shape index (κ2) is 4.45. The van der Waals surface area contributed by atoms with Crippen LogP contribution in [0.4, 0.5) is 0 Å². The molecule has 1 aliphatic rings. The fourth-order valence-corrected chi connectivity index (χ4v) is 1.84. The van der Waals surface area contributed by atoms with Crippen LogP contribution in [0.25, 0.3) is 0 Å². The molecule has 3 heteroatoms. The summed E-state index contributed by atoms with van der Waals surface area (Å²) in [4.78, 5) is 13.1. The van der Waals surface area contributed by atoms with E-state index in [1.807, 2.05) is 11.8 Å². The van der Waals surface area contributed by atoms with Gasteiger partial charge in [-0.25, -0.2) is 0 Å². The van der Waals surface area contributed by atoms with E-state index in [0.29, 0.717) is 6.04 Å². The Morgan fingerprint density at radius 2 is 2.42 bits per heavy atom. The van der Waals surface area contributed by atoms with E-state index in [1.165, 1.54) is 6.42 Å². The average Bonchev–Trinajstić information content (AvgIpc) is 2.07. The molecule has 0 aromatic heterocycles. The van der Waals surface area contributed by atoms with Crippen molar-refractivity contribution in [3.8, 4) is 0 Å². The molecule has 1 aliphatic heterocycles. The third kappa shape index (κ3) is 2.21. The zero-order valence-corrected chi connectivity index (χ0v) is 7.97. The van der Waals surface area contributed by atoms with E-state index in [4.69, 9.17) is 0 Å². The van der Waals surface area contributed by atoms with Gasteiger partial charge in [0.05, 0.1) is 0 Å². The number of rotatable bonds is 2. The molecule has 0 aliphatic carbocycles. The van der Waals surface area contributed by atoms with Crippen LogP contribution < -0.4 is 5.32 Å². The Kier molecular flexibility index (Phi) is 3.53. The maximum absolute atomic E-state index is 11.2. The Bertz CT molecular complexity index is 153. The van der Waals surface area contributed by atoms with Crippen molar-refractivity contribution in [1.82, 2.24) is 10.2 Å². The molecule has 0 saturated carbocycles. The average molecular weight is 170 g/mol. The maximum atomic E-state index is 11.2.